The average molecular weight is 172 g/mol. The minimum Gasteiger partial charge on any atom is -0.411 e. The second-order valence-corrected chi connectivity index (χ2v) is 1.86. The Balaban J connectivity index is 0.000001000. The summed E-state index contributed by atoms with van der Waals surface area (Å²) in [7, 11) is 0. The summed E-state index contributed by atoms with van der Waals surface area (Å²) in [5, 5.41) is 0. The van der Waals surface area contributed by atoms with Crippen LogP contribution in [0.25, 0.3) is 6.08 Å². The molecular weight excluding hydrogens is 162 g/mol. The molecule has 1 rings (SSSR count). The SMILES string of the molecule is C=Cc1ccccc1ON.Cl. The van der Waals surface area contributed by atoms with Crippen molar-refractivity contribution in [2.45, 2.75) is 0 Å². The van der Waals surface area contributed by atoms with Gasteiger partial charge in [0, 0.05) is 5.56 Å². The van der Waals surface area contributed by atoms with Crippen LogP contribution in [-0.4, -0.2) is 0 Å². The molecule has 0 aliphatic rings. The highest BCUT2D eigenvalue weighted by Gasteiger charge is 1.94. The monoisotopic (exact) mass is 171 g/mol. The Hall–Kier alpha value is -0.990. The first-order valence-electron chi connectivity index (χ1n) is 2.96. The Kier molecular flexibility index (Phi) is 4.34. The summed E-state index contributed by atoms with van der Waals surface area (Å²) in [6.45, 7) is 3.60. The van der Waals surface area contributed by atoms with Crippen LogP contribution in [0.3, 0.4) is 0 Å². The molecule has 0 aromatic heterocycles. The van der Waals surface area contributed by atoms with Gasteiger partial charge in [-0.3, -0.25) is 0 Å². The van der Waals surface area contributed by atoms with Crippen molar-refractivity contribution in [1.82, 2.24) is 0 Å². The summed E-state index contributed by atoms with van der Waals surface area (Å²) >= 11 is 0. The van der Waals surface area contributed by atoms with Gasteiger partial charge in [0.1, 0.15) is 0 Å². The molecule has 3 heteroatoms. The van der Waals surface area contributed by atoms with Crippen LogP contribution in [-0.2, 0) is 0 Å². The van der Waals surface area contributed by atoms with E-state index in [-0.39, 0.29) is 12.4 Å². The molecular formula is C8H10ClNO. The Bertz CT molecular complexity index is 237. The maximum Gasteiger partial charge on any atom is 0.154 e. The van der Waals surface area contributed by atoms with Crippen LogP contribution < -0.4 is 10.7 Å². The minimum atomic E-state index is 0. The quantitative estimate of drug-likeness (QED) is 0.691. The standard InChI is InChI=1S/C8H9NO.ClH/c1-2-7-5-3-4-6-8(7)10-9;/h2-6H,1,9H2;1H. The zero-order valence-corrected chi connectivity index (χ0v) is 6.80. The first-order chi connectivity index (χ1) is 4.88. The second kappa shape index (κ2) is 4.77. The smallest absolute Gasteiger partial charge is 0.154 e. The van der Waals surface area contributed by atoms with Crippen molar-refractivity contribution in [3.8, 4) is 5.75 Å². The normalized spacial score (nSPS) is 8.09. The molecule has 0 heterocycles. The zero-order valence-electron chi connectivity index (χ0n) is 5.99. The summed E-state index contributed by atoms with van der Waals surface area (Å²) in [5.74, 6) is 5.63. The number of nitrogens with two attached hydrogens (primary N) is 1. The van der Waals surface area contributed by atoms with Crippen LogP contribution in [0.15, 0.2) is 30.8 Å². The van der Waals surface area contributed by atoms with Crippen molar-refractivity contribution in [2.24, 2.45) is 5.90 Å². The van der Waals surface area contributed by atoms with Crippen LogP contribution in [0.2, 0.25) is 0 Å². The Morgan fingerprint density at radius 3 is 2.45 bits per heavy atom. The molecule has 0 radical (unpaired) electrons. The van der Waals surface area contributed by atoms with Gasteiger partial charge >= 0.3 is 0 Å². The number of halogens is 1. The number of benzene rings is 1. The van der Waals surface area contributed by atoms with Crippen molar-refractivity contribution in [2.75, 3.05) is 0 Å². The van der Waals surface area contributed by atoms with Gasteiger partial charge < -0.3 is 4.84 Å². The molecule has 60 valence electrons. The third kappa shape index (κ3) is 2.26. The molecule has 0 aliphatic carbocycles. The highest BCUT2D eigenvalue weighted by Crippen LogP contribution is 2.16. The van der Waals surface area contributed by atoms with E-state index < -0.39 is 0 Å². The van der Waals surface area contributed by atoms with E-state index in [9.17, 15) is 0 Å². The van der Waals surface area contributed by atoms with Crippen LogP contribution in [0, 0.1) is 0 Å². The maximum atomic E-state index is 4.98. The van der Waals surface area contributed by atoms with Gasteiger partial charge in [0.05, 0.1) is 0 Å². The van der Waals surface area contributed by atoms with Crippen molar-refractivity contribution in [1.29, 1.82) is 0 Å². The van der Waals surface area contributed by atoms with Gasteiger partial charge in [-0.25, -0.2) is 0 Å². The molecule has 1 aromatic rings. The van der Waals surface area contributed by atoms with E-state index >= 15 is 0 Å². The van der Waals surface area contributed by atoms with Crippen LogP contribution in [0.1, 0.15) is 5.56 Å². The van der Waals surface area contributed by atoms with E-state index in [0.717, 1.165) is 5.56 Å². The number of hydrogen-bond acceptors (Lipinski definition) is 2. The lowest BCUT2D eigenvalue weighted by molar-refractivity contribution is 0.334. The fraction of sp³-hybridized carbons (Fsp3) is 0. The molecule has 0 atom stereocenters. The molecule has 2 nitrogen and oxygen atoms in total. The number of rotatable bonds is 2. The summed E-state index contributed by atoms with van der Waals surface area (Å²) in [5.41, 5.74) is 0.907. The minimum absolute atomic E-state index is 0. The van der Waals surface area contributed by atoms with E-state index in [1.165, 1.54) is 0 Å². The predicted octanol–water partition coefficient (Wildman–Crippen LogP) is 2.00. The van der Waals surface area contributed by atoms with Crippen molar-refractivity contribution >= 4 is 18.5 Å². The Morgan fingerprint density at radius 1 is 1.36 bits per heavy atom. The van der Waals surface area contributed by atoms with Gasteiger partial charge in [0.15, 0.2) is 5.75 Å². The molecule has 0 fully saturated rings. The van der Waals surface area contributed by atoms with Gasteiger partial charge in [-0.2, -0.15) is 5.90 Å². The van der Waals surface area contributed by atoms with Crippen molar-refractivity contribution < 1.29 is 4.84 Å². The Labute approximate surface area is 72.0 Å². The molecule has 0 amide bonds. The van der Waals surface area contributed by atoms with E-state index in [1.54, 1.807) is 12.1 Å². The Morgan fingerprint density at radius 2 is 2.00 bits per heavy atom. The maximum absolute atomic E-state index is 4.98. The molecule has 1 aromatic carbocycles. The highest BCUT2D eigenvalue weighted by atomic mass is 35.5. The summed E-state index contributed by atoms with van der Waals surface area (Å²) in [6.07, 6.45) is 1.70. The fourth-order valence-corrected chi connectivity index (χ4v) is 0.756. The molecule has 0 spiro atoms. The van der Waals surface area contributed by atoms with E-state index in [0.29, 0.717) is 5.75 Å². The lowest BCUT2D eigenvalue weighted by atomic mass is 10.2. The fourth-order valence-electron chi connectivity index (χ4n) is 0.756. The van der Waals surface area contributed by atoms with Gasteiger partial charge in [-0.1, -0.05) is 30.9 Å². The second-order valence-electron chi connectivity index (χ2n) is 1.86. The van der Waals surface area contributed by atoms with Gasteiger partial charge in [-0.15, -0.1) is 12.4 Å². The van der Waals surface area contributed by atoms with E-state index in [4.69, 9.17) is 5.90 Å². The first-order valence-corrected chi connectivity index (χ1v) is 2.96. The van der Waals surface area contributed by atoms with Gasteiger partial charge in [-0.05, 0) is 6.07 Å². The topological polar surface area (TPSA) is 35.2 Å². The molecule has 0 unspecified atom stereocenters. The molecule has 11 heavy (non-hydrogen) atoms. The average Bonchev–Trinajstić information content (AvgIpc) is 2.04. The lowest BCUT2D eigenvalue weighted by Gasteiger charge is -2.00. The van der Waals surface area contributed by atoms with Gasteiger partial charge in [0.2, 0.25) is 0 Å². The predicted molar refractivity (Wildman–Crippen MR) is 48.6 cm³/mol. The van der Waals surface area contributed by atoms with Crippen molar-refractivity contribution in [3.63, 3.8) is 0 Å². The molecule has 0 saturated heterocycles. The molecule has 0 aliphatic heterocycles. The number of hydrogen-bond donors (Lipinski definition) is 1. The number of para-hydroxylation sites is 1. The van der Waals surface area contributed by atoms with E-state index in [2.05, 4.69) is 11.4 Å². The summed E-state index contributed by atoms with van der Waals surface area (Å²) in [4.78, 5) is 4.56. The third-order valence-electron chi connectivity index (χ3n) is 1.27. The molecule has 0 bridgehead atoms. The van der Waals surface area contributed by atoms with Crippen LogP contribution in [0.4, 0.5) is 0 Å². The lowest BCUT2D eigenvalue weighted by Crippen LogP contribution is -2.02. The summed E-state index contributed by atoms with van der Waals surface area (Å²) < 4.78 is 0. The van der Waals surface area contributed by atoms with Gasteiger partial charge in [0.25, 0.3) is 0 Å². The highest BCUT2D eigenvalue weighted by molar-refractivity contribution is 5.85. The van der Waals surface area contributed by atoms with E-state index in [1.807, 2.05) is 18.2 Å². The van der Waals surface area contributed by atoms with Crippen LogP contribution in [0.5, 0.6) is 5.75 Å². The van der Waals surface area contributed by atoms with Crippen LogP contribution >= 0.6 is 12.4 Å². The zero-order chi connectivity index (χ0) is 7.40. The largest absolute Gasteiger partial charge is 0.411 e. The van der Waals surface area contributed by atoms with Crippen molar-refractivity contribution in [3.05, 3.63) is 36.4 Å². The summed E-state index contributed by atoms with van der Waals surface area (Å²) in [6, 6.07) is 7.43. The molecule has 0 saturated carbocycles. The molecule has 2 N–H and O–H groups in total. The first kappa shape index (κ1) is 10.0. The third-order valence-corrected chi connectivity index (χ3v) is 1.27.